The highest BCUT2D eigenvalue weighted by atomic mass is 35.5. The second-order valence-corrected chi connectivity index (χ2v) is 7.64. The number of halogens is 1. The molecule has 26 heavy (non-hydrogen) atoms. The van der Waals surface area contributed by atoms with E-state index in [0.717, 1.165) is 16.0 Å². The molecule has 0 spiro atoms. The molecule has 0 saturated heterocycles. The van der Waals surface area contributed by atoms with E-state index >= 15 is 0 Å². The van der Waals surface area contributed by atoms with Crippen molar-refractivity contribution >= 4 is 60.5 Å². The molecule has 0 atom stereocenters. The molecule has 1 N–H and O–H groups in total. The summed E-state index contributed by atoms with van der Waals surface area (Å²) in [6, 6.07) is 15.1. The molecular formula is C16H9ClN6OS2. The Morgan fingerprint density at radius 2 is 1.92 bits per heavy atom. The Hall–Kier alpha value is -2.75. The summed E-state index contributed by atoms with van der Waals surface area (Å²) in [5.41, 5.74) is 0.869. The monoisotopic (exact) mass is 400 g/mol. The van der Waals surface area contributed by atoms with Crippen LogP contribution in [-0.2, 0) is 0 Å². The van der Waals surface area contributed by atoms with Crippen LogP contribution in [0.5, 0.6) is 10.9 Å². The van der Waals surface area contributed by atoms with Crippen molar-refractivity contribution in [2.45, 2.75) is 0 Å². The second-order valence-electron chi connectivity index (χ2n) is 5.26. The van der Waals surface area contributed by atoms with E-state index in [1.165, 1.54) is 22.7 Å². The molecule has 7 nitrogen and oxygen atoms in total. The summed E-state index contributed by atoms with van der Waals surface area (Å²) in [6.07, 6.45) is 0. The fourth-order valence-electron chi connectivity index (χ4n) is 2.36. The minimum atomic E-state index is 0.476. The quantitative estimate of drug-likeness (QED) is 0.458. The Labute approximate surface area is 159 Å². The molecule has 0 aliphatic carbocycles. The Kier molecular flexibility index (Phi) is 3.70. The van der Waals surface area contributed by atoms with E-state index in [0.29, 0.717) is 26.3 Å². The maximum atomic E-state index is 6.03. The molecule has 3 aromatic heterocycles. The first kappa shape index (κ1) is 15.5. The van der Waals surface area contributed by atoms with Gasteiger partial charge in [0.05, 0.1) is 10.2 Å². The molecule has 0 bridgehead atoms. The van der Waals surface area contributed by atoms with Crippen LogP contribution in [0.2, 0.25) is 5.02 Å². The molecule has 5 aromatic rings. The van der Waals surface area contributed by atoms with Crippen molar-refractivity contribution in [3.63, 3.8) is 0 Å². The molecule has 0 unspecified atom stereocenters. The van der Waals surface area contributed by atoms with Crippen LogP contribution in [0.3, 0.4) is 0 Å². The van der Waals surface area contributed by atoms with E-state index in [-0.39, 0.29) is 0 Å². The number of para-hydroxylation sites is 1. The van der Waals surface area contributed by atoms with Crippen LogP contribution in [-0.4, -0.2) is 24.8 Å². The molecule has 0 fully saturated rings. The Balaban J connectivity index is 1.44. The average molecular weight is 401 g/mol. The standard InChI is InChI=1S/C16H9ClN6OS2/c17-9-6-7-11-12(8-9)25-14(18-11)19-13-20-21-15-23(13)22-16(26-15)24-10-4-2-1-3-5-10/h1-8H,(H,18,19,20). The number of benzene rings is 2. The van der Waals surface area contributed by atoms with Gasteiger partial charge in [-0.2, -0.15) is 4.52 Å². The van der Waals surface area contributed by atoms with Crippen LogP contribution < -0.4 is 10.1 Å². The highest BCUT2D eigenvalue weighted by Gasteiger charge is 2.15. The average Bonchev–Trinajstić information content (AvgIpc) is 3.31. The lowest BCUT2D eigenvalue weighted by molar-refractivity contribution is 0.470. The summed E-state index contributed by atoms with van der Waals surface area (Å²) < 4.78 is 8.34. The topological polar surface area (TPSA) is 77.2 Å². The molecule has 0 aliphatic rings. The third-order valence-corrected chi connectivity index (χ3v) is 5.44. The van der Waals surface area contributed by atoms with Crippen LogP contribution in [0, 0.1) is 0 Å². The van der Waals surface area contributed by atoms with Gasteiger partial charge in [0.25, 0.3) is 11.1 Å². The number of thiazole rings is 1. The lowest BCUT2D eigenvalue weighted by Gasteiger charge is -1.99. The molecule has 0 amide bonds. The van der Waals surface area contributed by atoms with E-state index in [1.54, 1.807) is 4.52 Å². The molecule has 2 aromatic carbocycles. The van der Waals surface area contributed by atoms with Gasteiger partial charge in [-0.3, -0.25) is 5.32 Å². The molecule has 0 radical (unpaired) electrons. The molecule has 10 heteroatoms. The van der Waals surface area contributed by atoms with E-state index in [9.17, 15) is 0 Å². The molecule has 128 valence electrons. The molecule has 0 aliphatic heterocycles. The smallest absolute Gasteiger partial charge is 0.300 e. The summed E-state index contributed by atoms with van der Waals surface area (Å²) >= 11 is 8.82. The Morgan fingerprint density at radius 1 is 1.04 bits per heavy atom. The van der Waals surface area contributed by atoms with Crippen LogP contribution >= 0.6 is 34.3 Å². The first-order valence-electron chi connectivity index (χ1n) is 7.53. The first-order valence-corrected chi connectivity index (χ1v) is 9.54. The highest BCUT2D eigenvalue weighted by Crippen LogP contribution is 2.31. The number of hydrogen-bond acceptors (Lipinski definition) is 8. The van der Waals surface area contributed by atoms with Crippen LogP contribution in [0.25, 0.3) is 15.2 Å². The number of aromatic nitrogens is 5. The van der Waals surface area contributed by atoms with Crippen molar-refractivity contribution in [2.75, 3.05) is 5.32 Å². The van der Waals surface area contributed by atoms with Crippen molar-refractivity contribution in [2.24, 2.45) is 0 Å². The fourth-order valence-corrected chi connectivity index (χ4v) is 4.20. The van der Waals surface area contributed by atoms with E-state index in [2.05, 4.69) is 25.6 Å². The van der Waals surface area contributed by atoms with Gasteiger partial charge in [-0.05, 0) is 41.7 Å². The first-order chi connectivity index (χ1) is 12.7. The Bertz CT molecular complexity index is 1220. The normalized spacial score (nSPS) is 11.3. The number of fused-ring (bicyclic) bond motifs is 2. The SMILES string of the molecule is Clc1ccc2nc(Nc3nnc4sc(Oc5ccccc5)nn34)sc2c1. The van der Waals surface area contributed by atoms with Crippen LogP contribution in [0.1, 0.15) is 0 Å². The van der Waals surface area contributed by atoms with Crippen molar-refractivity contribution in [3.8, 4) is 10.9 Å². The van der Waals surface area contributed by atoms with E-state index in [1.807, 2.05) is 48.5 Å². The minimum Gasteiger partial charge on any atom is -0.430 e. The van der Waals surface area contributed by atoms with Crippen LogP contribution in [0.15, 0.2) is 48.5 Å². The summed E-state index contributed by atoms with van der Waals surface area (Å²) in [6.45, 7) is 0. The van der Waals surface area contributed by atoms with E-state index < -0.39 is 0 Å². The predicted octanol–water partition coefficient (Wildman–Crippen LogP) is 4.98. The van der Waals surface area contributed by atoms with Crippen molar-refractivity contribution < 1.29 is 4.74 Å². The van der Waals surface area contributed by atoms with Gasteiger partial charge in [0.1, 0.15) is 5.75 Å². The molecular weight excluding hydrogens is 392 g/mol. The summed E-state index contributed by atoms with van der Waals surface area (Å²) in [5.74, 6) is 1.19. The van der Waals surface area contributed by atoms with Crippen LogP contribution in [0.4, 0.5) is 11.1 Å². The maximum absolute atomic E-state index is 6.03. The molecule has 3 heterocycles. The fraction of sp³-hybridized carbons (Fsp3) is 0. The second kappa shape index (κ2) is 6.20. The number of nitrogens with zero attached hydrogens (tertiary/aromatic N) is 5. The zero-order valence-electron chi connectivity index (χ0n) is 13.0. The van der Waals surface area contributed by atoms with Crippen molar-refractivity contribution in [1.82, 2.24) is 24.8 Å². The number of ether oxygens (including phenoxy) is 1. The number of anilines is 2. The summed E-state index contributed by atoms with van der Waals surface area (Å²) in [7, 11) is 0. The van der Waals surface area contributed by atoms with Crippen molar-refractivity contribution in [1.29, 1.82) is 0 Å². The zero-order chi connectivity index (χ0) is 17.5. The lowest BCUT2D eigenvalue weighted by Crippen LogP contribution is -1.97. The molecule has 5 rings (SSSR count). The van der Waals surface area contributed by atoms with Gasteiger partial charge in [0, 0.05) is 5.02 Å². The van der Waals surface area contributed by atoms with Gasteiger partial charge in [0.2, 0.25) is 4.96 Å². The highest BCUT2D eigenvalue weighted by molar-refractivity contribution is 7.22. The van der Waals surface area contributed by atoms with Gasteiger partial charge >= 0.3 is 0 Å². The minimum absolute atomic E-state index is 0.476. The van der Waals surface area contributed by atoms with Gasteiger partial charge in [-0.1, -0.05) is 41.1 Å². The number of rotatable bonds is 4. The lowest BCUT2D eigenvalue weighted by atomic mass is 10.3. The van der Waals surface area contributed by atoms with Gasteiger partial charge in [-0.25, -0.2) is 4.98 Å². The number of nitrogens with one attached hydrogen (secondary N) is 1. The summed E-state index contributed by atoms with van der Waals surface area (Å²) in [5, 5.41) is 17.7. The van der Waals surface area contributed by atoms with E-state index in [4.69, 9.17) is 16.3 Å². The number of hydrogen-bond donors (Lipinski definition) is 1. The van der Waals surface area contributed by atoms with Crippen molar-refractivity contribution in [3.05, 3.63) is 53.6 Å². The van der Waals surface area contributed by atoms with Gasteiger partial charge in [0.15, 0.2) is 5.13 Å². The van der Waals surface area contributed by atoms with Gasteiger partial charge in [-0.15, -0.1) is 15.3 Å². The summed E-state index contributed by atoms with van der Waals surface area (Å²) in [4.78, 5) is 5.15. The largest absolute Gasteiger partial charge is 0.430 e. The van der Waals surface area contributed by atoms with Gasteiger partial charge < -0.3 is 4.74 Å². The molecule has 0 saturated carbocycles. The third kappa shape index (κ3) is 2.85. The maximum Gasteiger partial charge on any atom is 0.300 e. The zero-order valence-corrected chi connectivity index (χ0v) is 15.3. The predicted molar refractivity (Wildman–Crippen MR) is 103 cm³/mol. The Morgan fingerprint density at radius 3 is 2.81 bits per heavy atom. The third-order valence-electron chi connectivity index (χ3n) is 3.49.